The summed E-state index contributed by atoms with van der Waals surface area (Å²) in [5.41, 5.74) is 13.8. The number of imidazole rings is 1. The molecule has 0 radical (unpaired) electrons. The second-order valence-corrected chi connectivity index (χ2v) is 9.67. The molecule has 0 amide bonds. The van der Waals surface area contributed by atoms with E-state index in [-0.39, 0.29) is 10.8 Å². The van der Waals surface area contributed by atoms with Crippen LogP contribution in [0.25, 0.3) is 11.3 Å². The first kappa shape index (κ1) is 19.4. The van der Waals surface area contributed by atoms with Gasteiger partial charge in [0, 0.05) is 5.56 Å². The number of hydrogen-bond donors (Lipinski definition) is 1. The van der Waals surface area contributed by atoms with Crippen molar-refractivity contribution in [3.63, 3.8) is 0 Å². The molecule has 4 rings (SSSR count). The van der Waals surface area contributed by atoms with Crippen LogP contribution in [0.1, 0.15) is 63.3 Å². The summed E-state index contributed by atoms with van der Waals surface area (Å²) in [7, 11) is 0. The van der Waals surface area contributed by atoms with E-state index in [0.29, 0.717) is 5.95 Å². The van der Waals surface area contributed by atoms with Crippen molar-refractivity contribution in [2.75, 3.05) is 5.73 Å². The lowest BCUT2D eigenvalue weighted by atomic mass is 9.79. The molecule has 4 heteroatoms. The molecule has 2 aromatic carbocycles. The molecule has 0 saturated carbocycles. The molecule has 1 aliphatic rings. The third kappa shape index (κ3) is 3.71. The van der Waals surface area contributed by atoms with Crippen LogP contribution in [0.2, 0.25) is 0 Å². The summed E-state index contributed by atoms with van der Waals surface area (Å²) in [5.74, 6) is 0.402. The van der Waals surface area contributed by atoms with Crippen molar-refractivity contribution in [3.8, 4) is 11.3 Å². The van der Waals surface area contributed by atoms with Crippen LogP contribution in [0.15, 0.2) is 53.8 Å². The molecule has 2 N–H and O–H groups in total. The highest BCUT2D eigenvalue weighted by molar-refractivity contribution is 5.79. The van der Waals surface area contributed by atoms with Crippen LogP contribution in [0.5, 0.6) is 0 Å². The molecule has 0 unspecified atom stereocenters. The van der Waals surface area contributed by atoms with Crippen LogP contribution in [0.4, 0.5) is 5.95 Å². The van der Waals surface area contributed by atoms with Gasteiger partial charge in [-0.3, -0.25) is 0 Å². The first-order valence-corrected chi connectivity index (χ1v) is 10.3. The van der Waals surface area contributed by atoms with E-state index >= 15 is 0 Å². The third-order valence-corrected chi connectivity index (χ3v) is 5.97. The molecule has 0 atom stereocenters. The van der Waals surface area contributed by atoms with Gasteiger partial charge in [-0.2, -0.15) is 5.10 Å². The number of anilines is 1. The van der Waals surface area contributed by atoms with E-state index in [1.807, 2.05) is 36.5 Å². The fraction of sp³-hybridized carbons (Fsp3) is 0.360. The Morgan fingerprint density at radius 3 is 2.55 bits per heavy atom. The lowest BCUT2D eigenvalue weighted by Gasteiger charge is -2.25. The maximum Gasteiger partial charge on any atom is 0.221 e. The van der Waals surface area contributed by atoms with E-state index in [1.54, 1.807) is 10.9 Å². The largest absolute Gasteiger partial charge is 0.368 e. The minimum Gasteiger partial charge on any atom is -0.368 e. The average Bonchev–Trinajstić information content (AvgIpc) is 3.19. The number of rotatable bonds is 3. The average molecular weight is 387 g/mol. The molecule has 29 heavy (non-hydrogen) atoms. The Bertz CT molecular complexity index is 1070. The fourth-order valence-electron chi connectivity index (χ4n) is 4.05. The summed E-state index contributed by atoms with van der Waals surface area (Å²) < 4.78 is 1.67. The van der Waals surface area contributed by atoms with Crippen molar-refractivity contribution in [2.45, 2.75) is 58.3 Å². The molecule has 1 aliphatic carbocycles. The number of nitrogen functional groups attached to an aromatic ring is 1. The van der Waals surface area contributed by atoms with Crippen LogP contribution in [-0.2, 0) is 17.3 Å². The zero-order valence-corrected chi connectivity index (χ0v) is 18.0. The molecule has 1 heterocycles. The Morgan fingerprint density at radius 2 is 1.86 bits per heavy atom. The Labute approximate surface area is 173 Å². The predicted octanol–water partition coefficient (Wildman–Crippen LogP) is 5.54. The maximum atomic E-state index is 6.20. The van der Waals surface area contributed by atoms with Crippen molar-refractivity contribution < 1.29 is 0 Å². The van der Waals surface area contributed by atoms with E-state index in [0.717, 1.165) is 24.1 Å². The summed E-state index contributed by atoms with van der Waals surface area (Å²) in [6, 6.07) is 14.7. The van der Waals surface area contributed by atoms with Gasteiger partial charge in [0.2, 0.25) is 5.95 Å². The third-order valence-electron chi connectivity index (χ3n) is 5.97. The summed E-state index contributed by atoms with van der Waals surface area (Å²) in [6.45, 7) is 11.5. The number of fused-ring (bicyclic) bond motifs is 1. The Kier molecular flexibility index (Phi) is 4.60. The van der Waals surface area contributed by atoms with E-state index < -0.39 is 0 Å². The lowest BCUT2D eigenvalue weighted by molar-refractivity contribution is 0.519. The van der Waals surface area contributed by atoms with Crippen LogP contribution in [0, 0.1) is 0 Å². The molecule has 1 aromatic heterocycles. The Balaban J connectivity index is 1.80. The van der Waals surface area contributed by atoms with E-state index in [9.17, 15) is 0 Å². The second-order valence-electron chi connectivity index (χ2n) is 9.67. The summed E-state index contributed by atoms with van der Waals surface area (Å²) in [5, 5.41) is 4.52. The second kappa shape index (κ2) is 6.87. The molecule has 0 aliphatic heterocycles. The maximum absolute atomic E-state index is 6.20. The van der Waals surface area contributed by atoms with Crippen molar-refractivity contribution >= 4 is 12.2 Å². The van der Waals surface area contributed by atoms with Crippen molar-refractivity contribution in [1.29, 1.82) is 0 Å². The van der Waals surface area contributed by atoms with Gasteiger partial charge in [-0.1, -0.05) is 71.0 Å². The van der Waals surface area contributed by atoms with Gasteiger partial charge in [0.25, 0.3) is 0 Å². The van der Waals surface area contributed by atoms with E-state index in [4.69, 9.17) is 5.73 Å². The minimum atomic E-state index is 0.0715. The van der Waals surface area contributed by atoms with Crippen molar-refractivity contribution in [1.82, 2.24) is 9.66 Å². The highest BCUT2D eigenvalue weighted by Gasteiger charge is 2.33. The quantitative estimate of drug-likeness (QED) is 0.601. The van der Waals surface area contributed by atoms with Gasteiger partial charge in [0.1, 0.15) is 0 Å². The fourth-order valence-corrected chi connectivity index (χ4v) is 4.05. The number of nitrogens with zero attached hydrogens (tertiary/aromatic N) is 3. The lowest BCUT2D eigenvalue weighted by Crippen LogP contribution is -2.16. The van der Waals surface area contributed by atoms with Gasteiger partial charge >= 0.3 is 0 Å². The molecule has 0 saturated heterocycles. The minimum absolute atomic E-state index is 0.0715. The predicted molar refractivity (Wildman–Crippen MR) is 122 cm³/mol. The van der Waals surface area contributed by atoms with Crippen LogP contribution in [0.3, 0.4) is 0 Å². The van der Waals surface area contributed by atoms with Crippen LogP contribution >= 0.6 is 0 Å². The molecular formula is C25H30N4. The van der Waals surface area contributed by atoms with Gasteiger partial charge in [-0.25, -0.2) is 9.66 Å². The normalized spacial score (nSPS) is 15.8. The SMILES string of the molecule is CC(C)(C)c1cc(-c2cn(/N=C/c3ccccc3)c(N)n2)c2c(c1)C(C)(C)CC2. The number of aromatic nitrogens is 2. The van der Waals surface area contributed by atoms with Gasteiger partial charge < -0.3 is 5.73 Å². The van der Waals surface area contributed by atoms with Crippen LogP contribution < -0.4 is 5.73 Å². The summed E-state index contributed by atoms with van der Waals surface area (Å²) in [4.78, 5) is 4.67. The zero-order chi connectivity index (χ0) is 20.8. The molecule has 3 aromatic rings. The molecule has 0 bridgehead atoms. The van der Waals surface area contributed by atoms with E-state index in [1.165, 1.54) is 22.3 Å². The van der Waals surface area contributed by atoms with E-state index in [2.05, 4.69) is 56.8 Å². The standard InChI is InChI=1S/C25H30N4/c1-24(2,3)18-13-20(19-11-12-25(4,5)21(19)14-18)22-16-29(23(26)28-22)27-15-17-9-7-6-8-10-17/h6-10,13-16H,11-12H2,1-5H3,(H2,26,28)/b27-15+. The van der Waals surface area contributed by atoms with Gasteiger partial charge in [-0.05, 0) is 52.0 Å². The first-order valence-electron chi connectivity index (χ1n) is 10.3. The molecule has 0 spiro atoms. The molecule has 0 fully saturated rings. The summed E-state index contributed by atoms with van der Waals surface area (Å²) >= 11 is 0. The van der Waals surface area contributed by atoms with Gasteiger partial charge in [0.05, 0.1) is 18.1 Å². The highest BCUT2D eigenvalue weighted by Crippen LogP contribution is 2.45. The molecular weight excluding hydrogens is 356 g/mol. The topological polar surface area (TPSA) is 56.2 Å². The highest BCUT2D eigenvalue weighted by atomic mass is 15.4. The smallest absolute Gasteiger partial charge is 0.221 e. The van der Waals surface area contributed by atoms with Crippen LogP contribution in [-0.4, -0.2) is 15.9 Å². The monoisotopic (exact) mass is 386 g/mol. The zero-order valence-electron chi connectivity index (χ0n) is 18.0. The number of nitrogens with two attached hydrogens (primary N) is 1. The van der Waals surface area contributed by atoms with Gasteiger partial charge in [-0.15, -0.1) is 0 Å². The van der Waals surface area contributed by atoms with Crippen molar-refractivity contribution in [2.24, 2.45) is 5.10 Å². The van der Waals surface area contributed by atoms with Crippen molar-refractivity contribution in [3.05, 3.63) is 70.9 Å². The van der Waals surface area contributed by atoms with Gasteiger partial charge in [0.15, 0.2) is 0 Å². The molecule has 150 valence electrons. The molecule has 4 nitrogen and oxygen atoms in total. The number of hydrogen-bond acceptors (Lipinski definition) is 3. The first-order chi connectivity index (χ1) is 13.6. The Morgan fingerprint density at radius 1 is 1.14 bits per heavy atom. The summed E-state index contributed by atoms with van der Waals surface area (Å²) in [6.07, 6.45) is 5.98. The Hall–Kier alpha value is -2.88. The number of benzene rings is 2.